The average molecular weight is 413 g/mol. The molecule has 1 saturated carbocycles. The number of ketones is 1. The Bertz CT molecular complexity index is 875. The van der Waals surface area contributed by atoms with Gasteiger partial charge < -0.3 is 20.4 Å². The fourth-order valence-corrected chi connectivity index (χ4v) is 5.04. The maximum atomic E-state index is 13.2. The summed E-state index contributed by atoms with van der Waals surface area (Å²) in [6.07, 6.45) is 0. The Labute approximate surface area is 178 Å². The zero-order valence-corrected chi connectivity index (χ0v) is 18.3. The predicted molar refractivity (Wildman–Crippen MR) is 115 cm³/mol. The van der Waals surface area contributed by atoms with Crippen molar-refractivity contribution in [2.45, 2.75) is 20.8 Å². The van der Waals surface area contributed by atoms with E-state index in [0.717, 1.165) is 32.7 Å². The number of amides is 2. The quantitative estimate of drug-likeness (QED) is 0.765. The van der Waals surface area contributed by atoms with E-state index in [4.69, 9.17) is 0 Å². The molecule has 2 fully saturated rings. The molecule has 2 N–H and O–H groups in total. The molecular weight excluding hydrogens is 380 g/mol. The minimum atomic E-state index is -0.970. The van der Waals surface area contributed by atoms with Crippen LogP contribution >= 0.6 is 0 Å². The summed E-state index contributed by atoms with van der Waals surface area (Å²) in [5.74, 6) is -1.79. The zero-order chi connectivity index (χ0) is 21.7. The summed E-state index contributed by atoms with van der Waals surface area (Å²) in [5, 5.41) is 5.88. The first-order valence-corrected chi connectivity index (χ1v) is 10.8. The number of Topliss-reactive ketones (excluding diaryl/α,β-unsaturated/α-hetero) is 1. The van der Waals surface area contributed by atoms with E-state index >= 15 is 0 Å². The third-order valence-corrected chi connectivity index (χ3v) is 6.99. The number of hydrogen-bond donors (Lipinski definition) is 2. The molecule has 30 heavy (non-hydrogen) atoms. The Morgan fingerprint density at radius 2 is 1.87 bits per heavy atom. The van der Waals surface area contributed by atoms with Crippen LogP contribution in [-0.4, -0.2) is 73.7 Å². The second-order valence-corrected chi connectivity index (χ2v) is 10.1. The van der Waals surface area contributed by atoms with Gasteiger partial charge in [-0.1, -0.05) is 32.9 Å². The number of benzene rings is 1. The first-order chi connectivity index (χ1) is 14.1. The summed E-state index contributed by atoms with van der Waals surface area (Å²) in [6.45, 7) is 11.6. The lowest BCUT2D eigenvalue weighted by Gasteiger charge is -2.37. The van der Waals surface area contributed by atoms with Crippen molar-refractivity contribution in [3.63, 3.8) is 0 Å². The van der Waals surface area contributed by atoms with Gasteiger partial charge in [0.1, 0.15) is 0 Å². The van der Waals surface area contributed by atoms with Gasteiger partial charge in [-0.3, -0.25) is 14.4 Å². The minimum absolute atomic E-state index is 0.0949. The molecule has 1 saturated heterocycles. The SMILES string of the molecule is CN1CCN(CC(C)(C)CNC(=O)[C@@H]2C3C(=O)Nc4ccccc4C(=O)[C@@]32C)CC1. The maximum Gasteiger partial charge on any atom is 0.229 e. The molecule has 1 aromatic carbocycles. The number of carbonyl (C=O) groups is 3. The van der Waals surface area contributed by atoms with Gasteiger partial charge in [0.15, 0.2) is 5.78 Å². The molecule has 0 spiro atoms. The molecule has 2 heterocycles. The minimum Gasteiger partial charge on any atom is -0.355 e. The molecule has 2 amide bonds. The monoisotopic (exact) mass is 412 g/mol. The van der Waals surface area contributed by atoms with E-state index in [2.05, 4.69) is 41.3 Å². The Morgan fingerprint density at radius 1 is 1.20 bits per heavy atom. The summed E-state index contributed by atoms with van der Waals surface area (Å²) >= 11 is 0. The number of nitrogens with zero attached hydrogens (tertiary/aromatic N) is 2. The van der Waals surface area contributed by atoms with Gasteiger partial charge in [0, 0.05) is 44.8 Å². The van der Waals surface area contributed by atoms with Crippen LogP contribution in [0.15, 0.2) is 24.3 Å². The lowest BCUT2D eigenvalue weighted by molar-refractivity contribution is -0.125. The standard InChI is InChI=1S/C23H32N4O3/c1-22(2,14-27-11-9-26(4)10-12-27)13-24-20(29)17-18-21(30)25-16-8-6-5-7-15(16)19(28)23(17,18)3/h5-8,17-18H,9-14H2,1-4H3,(H,24,29)(H,25,30)/t17-,18?,23+/m0/s1. The highest BCUT2D eigenvalue weighted by Gasteiger charge is 2.73. The molecule has 1 aromatic rings. The lowest BCUT2D eigenvalue weighted by atomic mass is 9.91. The van der Waals surface area contributed by atoms with Crippen LogP contribution in [0.2, 0.25) is 0 Å². The fraction of sp³-hybridized carbons (Fsp3) is 0.609. The molecule has 1 unspecified atom stereocenters. The second-order valence-electron chi connectivity index (χ2n) is 10.1. The van der Waals surface area contributed by atoms with Gasteiger partial charge in [-0.25, -0.2) is 0 Å². The second kappa shape index (κ2) is 7.46. The number of carbonyl (C=O) groups excluding carboxylic acids is 3. The molecule has 2 aliphatic heterocycles. The molecule has 3 atom stereocenters. The predicted octanol–water partition coefficient (Wildman–Crippen LogP) is 1.46. The molecule has 162 valence electrons. The summed E-state index contributed by atoms with van der Waals surface area (Å²) in [4.78, 5) is 43.7. The van der Waals surface area contributed by atoms with E-state index in [-0.39, 0.29) is 23.0 Å². The van der Waals surface area contributed by atoms with E-state index in [9.17, 15) is 14.4 Å². The van der Waals surface area contributed by atoms with E-state index in [0.29, 0.717) is 17.8 Å². The van der Waals surface area contributed by atoms with Gasteiger partial charge >= 0.3 is 0 Å². The highest BCUT2D eigenvalue weighted by Crippen LogP contribution is 2.62. The topological polar surface area (TPSA) is 81.8 Å². The van der Waals surface area contributed by atoms with E-state index < -0.39 is 17.3 Å². The molecule has 3 aliphatic rings. The van der Waals surface area contributed by atoms with E-state index in [1.165, 1.54) is 0 Å². The Kier molecular flexibility index (Phi) is 5.22. The zero-order valence-electron chi connectivity index (χ0n) is 18.3. The third-order valence-electron chi connectivity index (χ3n) is 6.99. The van der Waals surface area contributed by atoms with Gasteiger partial charge in [-0.05, 0) is 24.6 Å². The summed E-state index contributed by atoms with van der Waals surface area (Å²) < 4.78 is 0. The fourth-order valence-electron chi connectivity index (χ4n) is 5.04. The maximum absolute atomic E-state index is 13.2. The number of para-hydroxylation sites is 1. The first-order valence-electron chi connectivity index (χ1n) is 10.8. The van der Waals surface area contributed by atoms with Crippen molar-refractivity contribution >= 4 is 23.3 Å². The lowest BCUT2D eigenvalue weighted by Crippen LogP contribution is -2.50. The van der Waals surface area contributed by atoms with Crippen LogP contribution in [0, 0.1) is 22.7 Å². The number of nitrogens with one attached hydrogen (secondary N) is 2. The first kappa shape index (κ1) is 21.0. The number of piperazine rings is 1. The Balaban J connectivity index is 1.40. The van der Waals surface area contributed by atoms with Gasteiger partial charge in [-0.15, -0.1) is 0 Å². The van der Waals surface area contributed by atoms with Crippen LogP contribution in [0.5, 0.6) is 0 Å². The highest BCUT2D eigenvalue weighted by molar-refractivity contribution is 6.19. The van der Waals surface area contributed by atoms with Crippen molar-refractivity contribution < 1.29 is 14.4 Å². The van der Waals surface area contributed by atoms with Gasteiger partial charge in [0.25, 0.3) is 0 Å². The Hall–Kier alpha value is -2.25. The van der Waals surface area contributed by atoms with Crippen LogP contribution in [0.25, 0.3) is 0 Å². The van der Waals surface area contributed by atoms with Crippen molar-refractivity contribution in [1.82, 2.24) is 15.1 Å². The number of rotatable bonds is 5. The molecule has 4 rings (SSSR count). The summed E-state index contributed by atoms with van der Waals surface area (Å²) in [6, 6.07) is 7.02. The van der Waals surface area contributed by atoms with Crippen LogP contribution in [0.3, 0.4) is 0 Å². The van der Waals surface area contributed by atoms with Gasteiger partial charge in [0.05, 0.1) is 22.9 Å². The normalized spacial score (nSPS) is 29.5. The van der Waals surface area contributed by atoms with Gasteiger partial charge in [0.2, 0.25) is 11.8 Å². The smallest absolute Gasteiger partial charge is 0.229 e. The van der Waals surface area contributed by atoms with Crippen molar-refractivity contribution in [3.05, 3.63) is 29.8 Å². The van der Waals surface area contributed by atoms with Crippen molar-refractivity contribution in [2.75, 3.05) is 51.6 Å². The molecule has 7 nitrogen and oxygen atoms in total. The highest BCUT2D eigenvalue weighted by atomic mass is 16.2. The third kappa shape index (κ3) is 3.65. The van der Waals surface area contributed by atoms with Crippen LogP contribution in [0.4, 0.5) is 5.69 Å². The molecule has 7 heteroatoms. The van der Waals surface area contributed by atoms with Crippen LogP contribution in [0.1, 0.15) is 31.1 Å². The number of fused-ring (bicyclic) bond motifs is 2. The van der Waals surface area contributed by atoms with Crippen molar-refractivity contribution in [2.24, 2.45) is 22.7 Å². The molecule has 0 radical (unpaired) electrons. The number of likely N-dealkylation sites (N-methyl/N-ethyl adjacent to an activating group) is 1. The Morgan fingerprint density at radius 3 is 2.57 bits per heavy atom. The molecule has 1 aliphatic carbocycles. The number of anilines is 1. The van der Waals surface area contributed by atoms with Crippen LogP contribution in [-0.2, 0) is 9.59 Å². The van der Waals surface area contributed by atoms with E-state index in [1.54, 1.807) is 31.2 Å². The molecular formula is C23H32N4O3. The molecule has 0 aromatic heterocycles. The van der Waals surface area contributed by atoms with E-state index in [1.807, 2.05) is 0 Å². The van der Waals surface area contributed by atoms with Gasteiger partial charge in [-0.2, -0.15) is 0 Å². The van der Waals surface area contributed by atoms with Crippen molar-refractivity contribution in [3.8, 4) is 0 Å². The summed E-state index contributed by atoms with van der Waals surface area (Å²) in [5.41, 5.74) is -0.0417. The average Bonchev–Trinajstić information content (AvgIpc) is 3.36. The largest absolute Gasteiger partial charge is 0.355 e. The molecule has 0 bridgehead atoms. The summed E-state index contributed by atoms with van der Waals surface area (Å²) in [7, 11) is 2.14. The van der Waals surface area contributed by atoms with Crippen LogP contribution < -0.4 is 10.6 Å². The van der Waals surface area contributed by atoms with Crippen molar-refractivity contribution in [1.29, 1.82) is 0 Å². The number of hydrogen-bond acceptors (Lipinski definition) is 5.